The fourth-order valence-corrected chi connectivity index (χ4v) is 2.55. The minimum atomic E-state index is -0.452. The second kappa shape index (κ2) is 6.70. The van der Waals surface area contributed by atoms with E-state index in [1.54, 1.807) is 11.8 Å². The number of rotatable bonds is 5. The molecule has 5 heteroatoms. The lowest BCUT2D eigenvalue weighted by Crippen LogP contribution is -2.47. The van der Waals surface area contributed by atoms with Crippen LogP contribution in [0.4, 0.5) is 5.69 Å². The van der Waals surface area contributed by atoms with Crippen molar-refractivity contribution >= 4 is 23.4 Å². The highest BCUT2D eigenvalue weighted by atomic mass is 32.2. The second-order valence-corrected chi connectivity index (χ2v) is 5.66. The SMILES string of the molecule is CSCCC(C)NC(=O)C1CNc2ccccc2O1. The molecule has 104 valence electrons. The van der Waals surface area contributed by atoms with Gasteiger partial charge in [0, 0.05) is 6.04 Å². The van der Waals surface area contributed by atoms with Crippen molar-refractivity contribution in [1.29, 1.82) is 0 Å². The quantitative estimate of drug-likeness (QED) is 0.867. The van der Waals surface area contributed by atoms with Crippen LogP contribution in [-0.2, 0) is 4.79 Å². The zero-order valence-corrected chi connectivity index (χ0v) is 12.1. The van der Waals surface area contributed by atoms with Crippen LogP contribution in [0.2, 0.25) is 0 Å². The summed E-state index contributed by atoms with van der Waals surface area (Å²) < 4.78 is 5.72. The van der Waals surface area contributed by atoms with E-state index in [2.05, 4.69) is 16.9 Å². The summed E-state index contributed by atoms with van der Waals surface area (Å²) in [5.41, 5.74) is 0.946. The monoisotopic (exact) mass is 280 g/mol. The van der Waals surface area contributed by atoms with Crippen LogP contribution in [0.25, 0.3) is 0 Å². The number of para-hydroxylation sites is 2. The van der Waals surface area contributed by atoms with Gasteiger partial charge in [-0.05, 0) is 37.5 Å². The van der Waals surface area contributed by atoms with E-state index in [1.807, 2.05) is 31.2 Å². The molecule has 19 heavy (non-hydrogen) atoms. The first-order valence-electron chi connectivity index (χ1n) is 6.49. The summed E-state index contributed by atoms with van der Waals surface area (Å²) in [5, 5.41) is 6.22. The van der Waals surface area contributed by atoms with Gasteiger partial charge in [-0.2, -0.15) is 11.8 Å². The minimum absolute atomic E-state index is 0.0457. The third-order valence-electron chi connectivity index (χ3n) is 3.07. The Balaban J connectivity index is 1.88. The van der Waals surface area contributed by atoms with E-state index in [4.69, 9.17) is 4.74 Å². The maximum absolute atomic E-state index is 12.1. The molecule has 0 radical (unpaired) electrons. The first-order valence-corrected chi connectivity index (χ1v) is 7.89. The van der Waals surface area contributed by atoms with Gasteiger partial charge in [0.15, 0.2) is 6.10 Å². The van der Waals surface area contributed by atoms with Crippen molar-refractivity contribution in [1.82, 2.24) is 5.32 Å². The van der Waals surface area contributed by atoms with E-state index < -0.39 is 6.10 Å². The molecule has 0 aliphatic carbocycles. The van der Waals surface area contributed by atoms with Gasteiger partial charge in [0.2, 0.25) is 0 Å². The Labute approximate surface area is 118 Å². The van der Waals surface area contributed by atoms with Crippen LogP contribution >= 0.6 is 11.8 Å². The van der Waals surface area contributed by atoms with Gasteiger partial charge in [0.05, 0.1) is 12.2 Å². The largest absolute Gasteiger partial charge is 0.477 e. The van der Waals surface area contributed by atoms with Crippen molar-refractivity contribution in [3.63, 3.8) is 0 Å². The van der Waals surface area contributed by atoms with Crippen molar-refractivity contribution < 1.29 is 9.53 Å². The standard InChI is InChI=1S/C14H20N2O2S/c1-10(7-8-19-2)16-14(17)13-9-15-11-5-3-4-6-12(11)18-13/h3-6,10,13,15H,7-9H2,1-2H3,(H,16,17). The molecule has 0 saturated heterocycles. The number of benzene rings is 1. The third kappa shape index (κ3) is 3.80. The summed E-state index contributed by atoms with van der Waals surface area (Å²) in [4.78, 5) is 12.1. The number of hydrogen-bond acceptors (Lipinski definition) is 4. The maximum Gasteiger partial charge on any atom is 0.263 e. The van der Waals surface area contributed by atoms with E-state index in [-0.39, 0.29) is 11.9 Å². The molecule has 1 aliphatic heterocycles. The van der Waals surface area contributed by atoms with Crippen molar-refractivity contribution in [2.24, 2.45) is 0 Å². The van der Waals surface area contributed by atoms with Crippen LogP contribution < -0.4 is 15.4 Å². The average molecular weight is 280 g/mol. The lowest BCUT2D eigenvalue weighted by Gasteiger charge is -2.27. The van der Waals surface area contributed by atoms with E-state index in [1.165, 1.54) is 0 Å². The molecule has 1 amide bonds. The highest BCUT2D eigenvalue weighted by Crippen LogP contribution is 2.28. The molecule has 2 atom stereocenters. The van der Waals surface area contributed by atoms with Gasteiger partial charge >= 0.3 is 0 Å². The fourth-order valence-electron chi connectivity index (χ4n) is 1.96. The maximum atomic E-state index is 12.1. The van der Waals surface area contributed by atoms with Crippen LogP contribution in [0.15, 0.2) is 24.3 Å². The van der Waals surface area contributed by atoms with Crippen molar-refractivity contribution in [3.05, 3.63) is 24.3 Å². The van der Waals surface area contributed by atoms with E-state index in [0.29, 0.717) is 6.54 Å². The molecule has 2 rings (SSSR count). The number of amides is 1. The predicted octanol–water partition coefficient (Wildman–Crippen LogP) is 2.12. The summed E-state index contributed by atoms with van der Waals surface area (Å²) in [6.07, 6.45) is 2.59. The smallest absolute Gasteiger partial charge is 0.263 e. The zero-order chi connectivity index (χ0) is 13.7. The van der Waals surface area contributed by atoms with Crippen LogP contribution in [-0.4, -0.2) is 36.6 Å². The Hall–Kier alpha value is -1.36. The first-order chi connectivity index (χ1) is 9.20. The van der Waals surface area contributed by atoms with E-state index in [0.717, 1.165) is 23.6 Å². The van der Waals surface area contributed by atoms with Gasteiger partial charge in [0.1, 0.15) is 5.75 Å². The molecule has 1 aromatic carbocycles. The Morgan fingerprint density at radius 3 is 3.16 bits per heavy atom. The van der Waals surface area contributed by atoms with Gasteiger partial charge in [0.25, 0.3) is 5.91 Å². The number of fused-ring (bicyclic) bond motifs is 1. The Bertz CT molecular complexity index is 439. The molecule has 0 saturated carbocycles. The van der Waals surface area contributed by atoms with E-state index in [9.17, 15) is 4.79 Å². The van der Waals surface area contributed by atoms with Gasteiger partial charge in [-0.1, -0.05) is 12.1 Å². The number of anilines is 1. The lowest BCUT2D eigenvalue weighted by molar-refractivity contribution is -0.128. The summed E-state index contributed by atoms with van der Waals surface area (Å²) in [7, 11) is 0. The highest BCUT2D eigenvalue weighted by Gasteiger charge is 2.26. The molecular weight excluding hydrogens is 260 g/mol. The number of nitrogens with one attached hydrogen (secondary N) is 2. The molecule has 2 unspecified atom stereocenters. The number of ether oxygens (including phenoxy) is 1. The van der Waals surface area contributed by atoms with Crippen LogP contribution in [0.3, 0.4) is 0 Å². The van der Waals surface area contributed by atoms with Gasteiger partial charge in [-0.15, -0.1) is 0 Å². The molecule has 2 N–H and O–H groups in total. The molecule has 0 spiro atoms. The molecule has 0 aromatic heterocycles. The molecule has 0 bridgehead atoms. The Kier molecular flexibility index (Phi) is 4.96. The molecule has 1 aromatic rings. The van der Waals surface area contributed by atoms with Gasteiger partial charge in [-0.25, -0.2) is 0 Å². The molecular formula is C14H20N2O2S. The number of carbonyl (C=O) groups excluding carboxylic acids is 1. The number of carbonyl (C=O) groups is 1. The van der Waals surface area contributed by atoms with Crippen LogP contribution in [0, 0.1) is 0 Å². The summed E-state index contributed by atoms with van der Waals surface area (Å²) in [6, 6.07) is 7.85. The highest BCUT2D eigenvalue weighted by molar-refractivity contribution is 7.98. The number of hydrogen-bond donors (Lipinski definition) is 2. The lowest BCUT2D eigenvalue weighted by atomic mass is 10.2. The Morgan fingerprint density at radius 2 is 2.37 bits per heavy atom. The minimum Gasteiger partial charge on any atom is -0.477 e. The fraction of sp³-hybridized carbons (Fsp3) is 0.500. The van der Waals surface area contributed by atoms with Crippen molar-refractivity contribution in [3.8, 4) is 5.75 Å². The second-order valence-electron chi connectivity index (χ2n) is 4.67. The zero-order valence-electron chi connectivity index (χ0n) is 11.3. The van der Waals surface area contributed by atoms with Gasteiger partial charge < -0.3 is 15.4 Å². The first kappa shape index (κ1) is 14.1. The number of thioether (sulfide) groups is 1. The summed E-state index contributed by atoms with van der Waals surface area (Å²) in [5.74, 6) is 1.75. The summed E-state index contributed by atoms with van der Waals surface area (Å²) in [6.45, 7) is 2.54. The van der Waals surface area contributed by atoms with Crippen LogP contribution in [0.1, 0.15) is 13.3 Å². The molecule has 1 heterocycles. The molecule has 4 nitrogen and oxygen atoms in total. The van der Waals surface area contributed by atoms with E-state index >= 15 is 0 Å². The van der Waals surface area contributed by atoms with Crippen molar-refractivity contribution in [2.75, 3.05) is 23.9 Å². The predicted molar refractivity (Wildman–Crippen MR) is 80.0 cm³/mol. The molecule has 0 fully saturated rings. The summed E-state index contributed by atoms with van der Waals surface area (Å²) >= 11 is 1.79. The normalized spacial score (nSPS) is 18.7. The third-order valence-corrected chi connectivity index (χ3v) is 3.71. The van der Waals surface area contributed by atoms with Gasteiger partial charge in [-0.3, -0.25) is 4.79 Å². The van der Waals surface area contributed by atoms with Crippen molar-refractivity contribution in [2.45, 2.75) is 25.5 Å². The molecule has 1 aliphatic rings. The van der Waals surface area contributed by atoms with Crippen LogP contribution in [0.5, 0.6) is 5.75 Å². The topological polar surface area (TPSA) is 50.4 Å². The average Bonchev–Trinajstić information content (AvgIpc) is 2.44. The Morgan fingerprint density at radius 1 is 1.58 bits per heavy atom.